The highest BCUT2D eigenvalue weighted by atomic mass is 32.2. The molecule has 1 nitrogen and oxygen atoms in total. The van der Waals surface area contributed by atoms with Gasteiger partial charge < -0.3 is 4.74 Å². The molecule has 0 amide bonds. The number of rotatable bonds is 6. The largest absolute Gasteiger partial charge is 0.377 e. The van der Waals surface area contributed by atoms with E-state index < -0.39 is 17.5 Å². The smallest absolute Gasteiger partial charge is 0.131 e. The first kappa shape index (κ1) is 19.1. The summed E-state index contributed by atoms with van der Waals surface area (Å²) in [6.45, 7) is 4.37. The zero-order valence-electron chi connectivity index (χ0n) is 14.4. The van der Waals surface area contributed by atoms with Crippen molar-refractivity contribution < 1.29 is 17.9 Å². The van der Waals surface area contributed by atoms with E-state index in [2.05, 4.69) is 6.58 Å². The minimum absolute atomic E-state index is 0.207. The molecule has 1 heterocycles. The van der Waals surface area contributed by atoms with Crippen LogP contribution in [0.5, 0.6) is 0 Å². The molecular weight excluding hydrogens is 357 g/mol. The van der Waals surface area contributed by atoms with Crippen molar-refractivity contribution in [3.63, 3.8) is 0 Å². The third kappa shape index (κ3) is 4.71. The number of ether oxygens (including phenoxy) is 1. The standard InChI is InChI=1S/C21H21F3OS/c1-2-3-8-25-18-5-7-21(26-13-18)14-4-6-19(20(24)11-14)15-9-16(22)12-17(23)10-15/h2,4,6,9-12,18,21H,1,3,5,7-8,13H2. The zero-order valence-corrected chi connectivity index (χ0v) is 15.2. The molecule has 5 heteroatoms. The summed E-state index contributed by atoms with van der Waals surface area (Å²) >= 11 is 1.76. The molecule has 2 aromatic carbocycles. The fourth-order valence-electron chi connectivity index (χ4n) is 3.11. The van der Waals surface area contributed by atoms with Crippen LogP contribution >= 0.6 is 11.8 Å². The Labute approximate surface area is 156 Å². The summed E-state index contributed by atoms with van der Waals surface area (Å²) in [5.41, 5.74) is 1.31. The van der Waals surface area contributed by atoms with Crippen molar-refractivity contribution in [2.24, 2.45) is 0 Å². The van der Waals surface area contributed by atoms with Gasteiger partial charge in [0.15, 0.2) is 0 Å². The second-order valence-corrected chi connectivity index (χ2v) is 7.60. The molecule has 2 aromatic rings. The number of benzene rings is 2. The van der Waals surface area contributed by atoms with Gasteiger partial charge in [-0.3, -0.25) is 0 Å². The quantitative estimate of drug-likeness (QED) is 0.431. The van der Waals surface area contributed by atoms with Crippen LogP contribution in [-0.4, -0.2) is 18.5 Å². The first-order chi connectivity index (χ1) is 12.6. The predicted octanol–water partition coefficient (Wildman–Crippen LogP) is 6.30. The van der Waals surface area contributed by atoms with Crippen molar-refractivity contribution in [1.82, 2.24) is 0 Å². The van der Waals surface area contributed by atoms with Crippen LogP contribution in [0, 0.1) is 17.5 Å². The second-order valence-electron chi connectivity index (χ2n) is 6.37. The molecule has 2 atom stereocenters. The van der Waals surface area contributed by atoms with Crippen molar-refractivity contribution in [3.8, 4) is 11.1 Å². The van der Waals surface area contributed by atoms with E-state index in [9.17, 15) is 13.2 Å². The molecule has 1 aliphatic heterocycles. The third-order valence-electron chi connectivity index (χ3n) is 4.45. The predicted molar refractivity (Wildman–Crippen MR) is 101 cm³/mol. The maximum absolute atomic E-state index is 14.5. The average Bonchev–Trinajstić information content (AvgIpc) is 2.61. The van der Waals surface area contributed by atoms with Crippen molar-refractivity contribution >= 4 is 11.8 Å². The molecule has 1 fully saturated rings. The van der Waals surface area contributed by atoms with Gasteiger partial charge in [-0.15, -0.1) is 6.58 Å². The van der Waals surface area contributed by atoms with Crippen molar-refractivity contribution in [2.75, 3.05) is 12.4 Å². The molecule has 138 valence electrons. The monoisotopic (exact) mass is 378 g/mol. The minimum Gasteiger partial charge on any atom is -0.377 e. The lowest BCUT2D eigenvalue weighted by molar-refractivity contribution is 0.0629. The van der Waals surface area contributed by atoms with Crippen LogP contribution in [0.2, 0.25) is 0 Å². The Bertz CT molecular complexity index is 750. The fraction of sp³-hybridized carbons (Fsp3) is 0.333. The molecule has 0 N–H and O–H groups in total. The molecule has 1 aliphatic rings. The summed E-state index contributed by atoms with van der Waals surface area (Å²) in [5, 5.41) is 0.210. The molecular formula is C21H21F3OS. The van der Waals surface area contributed by atoms with E-state index in [0.29, 0.717) is 6.61 Å². The normalized spacial score (nSPS) is 20.1. The molecule has 0 aliphatic carbocycles. The van der Waals surface area contributed by atoms with E-state index >= 15 is 0 Å². The van der Waals surface area contributed by atoms with Gasteiger partial charge in [-0.05, 0) is 48.6 Å². The Morgan fingerprint density at radius 3 is 2.46 bits per heavy atom. The van der Waals surface area contributed by atoms with Gasteiger partial charge >= 0.3 is 0 Å². The van der Waals surface area contributed by atoms with Crippen LogP contribution in [0.1, 0.15) is 30.1 Å². The zero-order chi connectivity index (χ0) is 18.5. The van der Waals surface area contributed by atoms with Crippen molar-refractivity contribution in [3.05, 3.63) is 72.1 Å². The number of hydrogen-bond donors (Lipinski definition) is 0. The van der Waals surface area contributed by atoms with Gasteiger partial charge in [0.05, 0.1) is 12.7 Å². The van der Waals surface area contributed by atoms with E-state index in [1.165, 1.54) is 6.07 Å². The van der Waals surface area contributed by atoms with Gasteiger partial charge in [0.2, 0.25) is 0 Å². The summed E-state index contributed by atoms with van der Waals surface area (Å²) in [7, 11) is 0. The first-order valence-electron chi connectivity index (χ1n) is 8.67. The van der Waals surface area contributed by atoms with Gasteiger partial charge in [-0.2, -0.15) is 11.8 Å². The van der Waals surface area contributed by atoms with Crippen LogP contribution in [0.4, 0.5) is 13.2 Å². The van der Waals surface area contributed by atoms with Crippen LogP contribution in [-0.2, 0) is 4.74 Å². The Kier molecular flexibility index (Phi) is 6.43. The SMILES string of the molecule is C=CCCOC1CCC(c2ccc(-c3cc(F)cc(F)c3)c(F)c2)SC1. The highest BCUT2D eigenvalue weighted by Crippen LogP contribution is 2.40. The Balaban J connectivity index is 1.67. The average molecular weight is 378 g/mol. The van der Waals surface area contributed by atoms with Crippen LogP contribution in [0.25, 0.3) is 11.1 Å². The van der Waals surface area contributed by atoms with Crippen molar-refractivity contribution in [1.29, 1.82) is 0 Å². The van der Waals surface area contributed by atoms with Gasteiger partial charge in [-0.25, -0.2) is 13.2 Å². The molecule has 3 rings (SSSR count). The molecule has 2 unspecified atom stereocenters. The Morgan fingerprint density at radius 1 is 1.08 bits per heavy atom. The molecule has 0 aromatic heterocycles. The summed E-state index contributed by atoms with van der Waals surface area (Å²) < 4.78 is 47.1. The lowest BCUT2D eigenvalue weighted by Crippen LogP contribution is -2.22. The van der Waals surface area contributed by atoms with Crippen LogP contribution < -0.4 is 0 Å². The molecule has 1 saturated heterocycles. The lowest BCUT2D eigenvalue weighted by Gasteiger charge is -2.28. The van der Waals surface area contributed by atoms with Gasteiger partial charge in [0.25, 0.3) is 0 Å². The van der Waals surface area contributed by atoms with E-state index in [0.717, 1.165) is 48.8 Å². The molecule has 0 saturated carbocycles. The maximum Gasteiger partial charge on any atom is 0.131 e. The lowest BCUT2D eigenvalue weighted by atomic mass is 9.99. The van der Waals surface area contributed by atoms with Gasteiger partial charge in [-0.1, -0.05) is 18.2 Å². The number of thioether (sulfide) groups is 1. The highest BCUT2D eigenvalue weighted by Gasteiger charge is 2.24. The fourth-order valence-corrected chi connectivity index (χ4v) is 4.47. The van der Waals surface area contributed by atoms with E-state index in [-0.39, 0.29) is 22.5 Å². The molecule has 0 radical (unpaired) electrons. The van der Waals surface area contributed by atoms with Crippen LogP contribution in [0.15, 0.2) is 49.1 Å². The minimum atomic E-state index is -0.714. The summed E-state index contributed by atoms with van der Waals surface area (Å²) in [4.78, 5) is 0. The number of halogens is 3. The maximum atomic E-state index is 14.5. The van der Waals surface area contributed by atoms with E-state index in [1.54, 1.807) is 17.8 Å². The van der Waals surface area contributed by atoms with Crippen LogP contribution in [0.3, 0.4) is 0 Å². The summed E-state index contributed by atoms with van der Waals surface area (Å²) in [6, 6.07) is 7.99. The summed E-state index contributed by atoms with van der Waals surface area (Å²) in [5.74, 6) is -1.01. The van der Waals surface area contributed by atoms with E-state index in [4.69, 9.17) is 4.74 Å². The summed E-state index contributed by atoms with van der Waals surface area (Å²) in [6.07, 6.45) is 4.77. The van der Waals surface area contributed by atoms with Gasteiger partial charge in [0.1, 0.15) is 17.5 Å². The molecule has 26 heavy (non-hydrogen) atoms. The Hall–Kier alpha value is -1.72. The topological polar surface area (TPSA) is 9.23 Å². The molecule has 0 bridgehead atoms. The Morgan fingerprint density at radius 2 is 1.85 bits per heavy atom. The van der Waals surface area contributed by atoms with Crippen molar-refractivity contribution in [2.45, 2.75) is 30.6 Å². The van der Waals surface area contributed by atoms with Gasteiger partial charge in [0, 0.05) is 22.6 Å². The number of hydrogen-bond acceptors (Lipinski definition) is 2. The first-order valence-corrected chi connectivity index (χ1v) is 9.71. The molecule has 0 spiro atoms. The highest BCUT2D eigenvalue weighted by molar-refractivity contribution is 7.99. The second kappa shape index (κ2) is 8.78. The third-order valence-corrected chi connectivity index (χ3v) is 5.92. The van der Waals surface area contributed by atoms with E-state index in [1.807, 2.05) is 12.1 Å².